The third-order valence-electron chi connectivity index (χ3n) is 6.31. The first-order valence-corrected chi connectivity index (χ1v) is 12.2. The van der Waals surface area contributed by atoms with Crippen molar-refractivity contribution in [3.63, 3.8) is 0 Å². The number of nitrogens with one attached hydrogen (secondary N) is 2. The summed E-state index contributed by atoms with van der Waals surface area (Å²) in [7, 11) is 0. The Morgan fingerprint density at radius 3 is 2.24 bits per heavy atom. The predicted octanol–water partition coefficient (Wildman–Crippen LogP) is 3.49. The van der Waals surface area contributed by atoms with Gasteiger partial charge in [0.25, 0.3) is 11.5 Å². The average molecular weight is 504 g/mol. The molecule has 3 heterocycles. The number of rotatable bonds is 5. The Morgan fingerprint density at radius 1 is 1.00 bits per heavy atom. The van der Waals surface area contributed by atoms with Crippen molar-refractivity contribution in [1.82, 2.24) is 19.7 Å². The molecule has 2 aromatic heterocycles. The summed E-state index contributed by atoms with van der Waals surface area (Å²) in [6.07, 6.45) is 2.45. The molecule has 192 valence electrons. The number of hydrogen-bond donors (Lipinski definition) is 2. The standard InChI is InChI=1S/C22H25N5O3.C6H5F/c1-3-26-15(2)20(22(30)27(26)17-7-5-4-6-8-17)21(29)24-16-11-12-25(14-16)18-9-10-19(28)23-13-18;7-6-4-2-1-3-5-6/h4-10,13,16H,3,11-12,14H2,1-2H3,(H,23,28)(H,24,29);1-5H/t16-;/m0./s1. The maximum absolute atomic E-state index is 13.1. The van der Waals surface area contributed by atoms with E-state index < -0.39 is 0 Å². The Balaban J connectivity index is 0.000000396. The summed E-state index contributed by atoms with van der Waals surface area (Å²) in [4.78, 5) is 42.2. The van der Waals surface area contributed by atoms with Crippen LogP contribution in [0.3, 0.4) is 0 Å². The molecular formula is C28H30FN5O3. The molecule has 0 bridgehead atoms. The number of aromatic nitrogens is 3. The van der Waals surface area contributed by atoms with Crippen LogP contribution in [0.15, 0.2) is 88.6 Å². The van der Waals surface area contributed by atoms with E-state index in [0.29, 0.717) is 18.8 Å². The number of anilines is 1. The van der Waals surface area contributed by atoms with Crippen molar-refractivity contribution in [2.45, 2.75) is 32.9 Å². The molecule has 1 saturated heterocycles. The van der Waals surface area contributed by atoms with Crippen LogP contribution in [-0.2, 0) is 6.54 Å². The SMILES string of the molecule is CCn1c(C)c(C(=O)N[C@H]2CCN(c3ccc(=O)[nH]c3)C2)c(=O)n1-c1ccccc1.Fc1ccccc1. The molecule has 1 atom stereocenters. The minimum absolute atomic E-state index is 0.0709. The number of hydrogen-bond acceptors (Lipinski definition) is 4. The highest BCUT2D eigenvalue weighted by Gasteiger charge is 2.28. The van der Waals surface area contributed by atoms with Gasteiger partial charge in [0.1, 0.15) is 11.4 Å². The summed E-state index contributed by atoms with van der Waals surface area (Å²) in [5, 5.41) is 3.02. The Hall–Kier alpha value is -4.40. The fourth-order valence-electron chi connectivity index (χ4n) is 4.50. The highest BCUT2D eigenvalue weighted by atomic mass is 19.1. The molecule has 9 heteroatoms. The van der Waals surface area contributed by atoms with Gasteiger partial charge in [-0.3, -0.25) is 19.1 Å². The topological polar surface area (TPSA) is 92.1 Å². The van der Waals surface area contributed by atoms with E-state index in [1.807, 2.05) is 41.9 Å². The second kappa shape index (κ2) is 11.6. The lowest BCUT2D eigenvalue weighted by Crippen LogP contribution is -2.39. The fraction of sp³-hybridized carbons (Fsp3) is 0.250. The smallest absolute Gasteiger partial charge is 0.284 e. The molecule has 0 aliphatic carbocycles. The summed E-state index contributed by atoms with van der Waals surface area (Å²) in [6.45, 7) is 5.72. The van der Waals surface area contributed by atoms with Crippen molar-refractivity contribution in [2.24, 2.45) is 0 Å². The molecule has 1 amide bonds. The van der Waals surface area contributed by atoms with E-state index in [9.17, 15) is 18.8 Å². The Labute approximate surface area is 214 Å². The van der Waals surface area contributed by atoms with Gasteiger partial charge in [0.15, 0.2) is 0 Å². The van der Waals surface area contributed by atoms with Gasteiger partial charge in [-0.05, 0) is 50.6 Å². The van der Waals surface area contributed by atoms with Gasteiger partial charge in [-0.1, -0.05) is 36.4 Å². The van der Waals surface area contributed by atoms with Crippen molar-refractivity contribution in [1.29, 1.82) is 0 Å². The van der Waals surface area contributed by atoms with Crippen molar-refractivity contribution in [2.75, 3.05) is 18.0 Å². The Morgan fingerprint density at radius 2 is 1.68 bits per heavy atom. The van der Waals surface area contributed by atoms with Gasteiger partial charge < -0.3 is 15.2 Å². The molecule has 37 heavy (non-hydrogen) atoms. The zero-order valence-corrected chi connectivity index (χ0v) is 20.9. The molecule has 4 aromatic rings. The zero-order chi connectivity index (χ0) is 26.4. The number of aromatic amines is 1. The lowest BCUT2D eigenvalue weighted by atomic mass is 10.2. The van der Waals surface area contributed by atoms with E-state index in [1.165, 1.54) is 18.2 Å². The largest absolute Gasteiger partial charge is 0.368 e. The third-order valence-corrected chi connectivity index (χ3v) is 6.31. The maximum atomic E-state index is 13.1. The molecule has 5 rings (SSSR count). The highest BCUT2D eigenvalue weighted by Crippen LogP contribution is 2.19. The fourth-order valence-corrected chi connectivity index (χ4v) is 4.50. The maximum Gasteiger partial charge on any atom is 0.284 e. The predicted molar refractivity (Wildman–Crippen MR) is 142 cm³/mol. The van der Waals surface area contributed by atoms with E-state index in [2.05, 4.69) is 15.2 Å². The molecule has 0 unspecified atom stereocenters. The number of carbonyl (C=O) groups excluding carboxylic acids is 1. The molecule has 0 radical (unpaired) electrons. The van der Waals surface area contributed by atoms with Crippen LogP contribution in [-0.4, -0.2) is 39.4 Å². The van der Waals surface area contributed by atoms with Crippen LogP contribution < -0.4 is 21.3 Å². The van der Waals surface area contributed by atoms with Gasteiger partial charge in [0.05, 0.1) is 17.1 Å². The molecule has 1 aliphatic heterocycles. The summed E-state index contributed by atoms with van der Waals surface area (Å²) in [6, 6.07) is 20.5. The Kier molecular flexibility index (Phi) is 8.02. The first-order chi connectivity index (χ1) is 17.9. The quantitative estimate of drug-likeness (QED) is 0.436. The van der Waals surface area contributed by atoms with E-state index >= 15 is 0 Å². The molecule has 1 aliphatic rings. The van der Waals surface area contributed by atoms with Crippen LogP contribution in [0.25, 0.3) is 5.69 Å². The van der Waals surface area contributed by atoms with Crippen molar-refractivity contribution < 1.29 is 9.18 Å². The van der Waals surface area contributed by atoms with Gasteiger partial charge >= 0.3 is 0 Å². The van der Waals surface area contributed by atoms with Crippen molar-refractivity contribution in [3.05, 3.63) is 117 Å². The average Bonchev–Trinajstić information content (AvgIpc) is 3.47. The van der Waals surface area contributed by atoms with Crippen LogP contribution in [0.4, 0.5) is 10.1 Å². The molecule has 0 spiro atoms. The molecular weight excluding hydrogens is 473 g/mol. The van der Waals surface area contributed by atoms with E-state index in [0.717, 1.165) is 24.3 Å². The summed E-state index contributed by atoms with van der Waals surface area (Å²) < 4.78 is 15.3. The number of halogens is 1. The lowest BCUT2D eigenvalue weighted by Gasteiger charge is -2.18. The van der Waals surface area contributed by atoms with E-state index in [4.69, 9.17) is 0 Å². The number of H-pyrrole nitrogens is 1. The second-order valence-corrected chi connectivity index (χ2v) is 8.74. The van der Waals surface area contributed by atoms with Crippen LogP contribution in [0.1, 0.15) is 29.4 Å². The minimum atomic E-state index is -0.345. The Bertz CT molecular complexity index is 1440. The molecule has 0 saturated carbocycles. The van der Waals surface area contributed by atoms with Crippen molar-refractivity contribution >= 4 is 11.6 Å². The van der Waals surface area contributed by atoms with Gasteiger partial charge in [0.2, 0.25) is 5.56 Å². The monoisotopic (exact) mass is 503 g/mol. The molecule has 2 aromatic carbocycles. The number of para-hydroxylation sites is 1. The van der Waals surface area contributed by atoms with Crippen LogP contribution >= 0.6 is 0 Å². The molecule has 2 N–H and O–H groups in total. The first-order valence-electron chi connectivity index (χ1n) is 12.2. The van der Waals surface area contributed by atoms with E-state index in [1.54, 1.807) is 42.1 Å². The van der Waals surface area contributed by atoms with Gasteiger partial charge in [-0.25, -0.2) is 9.07 Å². The number of pyridine rings is 1. The normalized spacial score (nSPS) is 14.7. The van der Waals surface area contributed by atoms with Crippen LogP contribution in [0.5, 0.6) is 0 Å². The van der Waals surface area contributed by atoms with E-state index in [-0.39, 0.29) is 34.4 Å². The van der Waals surface area contributed by atoms with Gasteiger partial charge in [-0.2, -0.15) is 0 Å². The lowest BCUT2D eigenvalue weighted by molar-refractivity contribution is 0.0938. The number of amides is 1. The number of carbonyl (C=O) groups is 1. The summed E-state index contributed by atoms with van der Waals surface area (Å²) in [5.41, 5.74) is 2.02. The molecule has 1 fully saturated rings. The van der Waals surface area contributed by atoms with Crippen molar-refractivity contribution in [3.8, 4) is 5.69 Å². The van der Waals surface area contributed by atoms with Gasteiger partial charge in [0, 0.05) is 37.9 Å². The number of benzene rings is 2. The second-order valence-electron chi connectivity index (χ2n) is 8.74. The highest BCUT2D eigenvalue weighted by molar-refractivity contribution is 5.95. The van der Waals surface area contributed by atoms with Crippen LogP contribution in [0.2, 0.25) is 0 Å². The number of nitrogens with zero attached hydrogens (tertiary/aromatic N) is 3. The molecule has 8 nitrogen and oxygen atoms in total. The zero-order valence-electron chi connectivity index (χ0n) is 20.9. The van der Waals surface area contributed by atoms with Crippen LogP contribution in [0, 0.1) is 12.7 Å². The summed E-state index contributed by atoms with van der Waals surface area (Å²) >= 11 is 0. The first kappa shape index (κ1) is 25.7. The van der Waals surface area contributed by atoms with Gasteiger partial charge in [-0.15, -0.1) is 0 Å². The summed E-state index contributed by atoms with van der Waals surface area (Å²) in [5.74, 6) is -0.523. The minimum Gasteiger partial charge on any atom is -0.368 e. The third kappa shape index (κ3) is 5.88.